The van der Waals surface area contributed by atoms with Crippen LogP contribution >= 0.6 is 12.4 Å². The summed E-state index contributed by atoms with van der Waals surface area (Å²) in [7, 11) is 4.69. The second kappa shape index (κ2) is 9.02. The van der Waals surface area contributed by atoms with E-state index < -0.39 is 6.67 Å². The number of hydrogen-bond acceptors (Lipinski definition) is 5. The number of benzene rings is 1. The molecule has 2 rings (SSSR count). The molecule has 1 fully saturated rings. The number of hydrogen-bond donors (Lipinski definition) is 1. The number of piperazine rings is 1. The SMILES string of the molecule is COc1cc([C@H](CF)N2CCNCC2)cc(OC)c1OC.Cl. The van der Waals surface area contributed by atoms with Crippen LogP contribution in [0.25, 0.3) is 0 Å². The van der Waals surface area contributed by atoms with E-state index in [0.717, 1.165) is 31.7 Å². The first-order valence-corrected chi connectivity index (χ1v) is 7.05. The highest BCUT2D eigenvalue weighted by Gasteiger charge is 2.25. The maximum Gasteiger partial charge on any atom is 0.203 e. The van der Waals surface area contributed by atoms with E-state index in [1.807, 2.05) is 12.1 Å². The number of methoxy groups -OCH3 is 3. The Kier molecular flexibility index (Phi) is 7.72. The molecule has 0 saturated carbocycles. The van der Waals surface area contributed by atoms with Gasteiger partial charge >= 0.3 is 0 Å². The lowest BCUT2D eigenvalue weighted by Crippen LogP contribution is -2.45. The van der Waals surface area contributed by atoms with Gasteiger partial charge in [-0.15, -0.1) is 12.4 Å². The molecule has 0 bridgehead atoms. The predicted octanol–water partition coefficient (Wildman–Crippen LogP) is 2.05. The molecule has 22 heavy (non-hydrogen) atoms. The van der Waals surface area contributed by atoms with E-state index >= 15 is 0 Å². The molecular formula is C15H24ClFN2O3. The van der Waals surface area contributed by atoms with Gasteiger partial charge in [-0.2, -0.15) is 0 Å². The Morgan fingerprint density at radius 3 is 2.05 bits per heavy atom. The molecule has 1 heterocycles. The van der Waals surface area contributed by atoms with Crippen molar-refractivity contribution in [1.29, 1.82) is 0 Å². The molecule has 1 atom stereocenters. The lowest BCUT2D eigenvalue weighted by molar-refractivity contribution is 0.147. The van der Waals surface area contributed by atoms with E-state index in [4.69, 9.17) is 14.2 Å². The number of halogens is 2. The van der Waals surface area contributed by atoms with Crippen molar-refractivity contribution in [2.24, 2.45) is 0 Å². The Balaban J connectivity index is 0.00000242. The Labute approximate surface area is 137 Å². The highest BCUT2D eigenvalue weighted by Crippen LogP contribution is 2.40. The molecule has 0 aliphatic carbocycles. The van der Waals surface area contributed by atoms with Gasteiger partial charge in [-0.3, -0.25) is 4.90 Å². The van der Waals surface area contributed by atoms with E-state index in [1.54, 1.807) is 21.3 Å². The van der Waals surface area contributed by atoms with E-state index in [1.165, 1.54) is 0 Å². The first-order valence-electron chi connectivity index (χ1n) is 7.05. The quantitative estimate of drug-likeness (QED) is 0.862. The Bertz CT molecular complexity index is 445. The normalized spacial score (nSPS) is 16.5. The number of alkyl halides is 1. The lowest BCUT2D eigenvalue weighted by atomic mass is 10.0. The van der Waals surface area contributed by atoms with Gasteiger partial charge in [-0.05, 0) is 17.7 Å². The van der Waals surface area contributed by atoms with Crippen LogP contribution in [-0.4, -0.2) is 59.1 Å². The highest BCUT2D eigenvalue weighted by molar-refractivity contribution is 5.85. The smallest absolute Gasteiger partial charge is 0.203 e. The summed E-state index contributed by atoms with van der Waals surface area (Å²) in [5, 5.41) is 3.27. The van der Waals surface area contributed by atoms with Gasteiger partial charge in [0, 0.05) is 26.2 Å². The third kappa shape index (κ3) is 3.94. The van der Waals surface area contributed by atoms with Gasteiger partial charge in [0.1, 0.15) is 6.67 Å². The summed E-state index contributed by atoms with van der Waals surface area (Å²) in [6, 6.07) is 3.36. The minimum Gasteiger partial charge on any atom is -0.493 e. The third-order valence-corrected chi connectivity index (χ3v) is 3.81. The molecule has 1 aliphatic rings. The van der Waals surface area contributed by atoms with Crippen LogP contribution in [0, 0.1) is 0 Å². The molecular weight excluding hydrogens is 311 g/mol. The second-order valence-electron chi connectivity index (χ2n) is 4.91. The van der Waals surface area contributed by atoms with Crippen LogP contribution in [0.1, 0.15) is 11.6 Å². The van der Waals surface area contributed by atoms with Gasteiger partial charge in [-0.1, -0.05) is 0 Å². The van der Waals surface area contributed by atoms with Crippen molar-refractivity contribution < 1.29 is 18.6 Å². The van der Waals surface area contributed by atoms with Gasteiger partial charge < -0.3 is 19.5 Å². The van der Waals surface area contributed by atoms with Crippen LogP contribution in [0.2, 0.25) is 0 Å². The lowest BCUT2D eigenvalue weighted by Gasteiger charge is -2.34. The molecule has 1 aromatic carbocycles. The molecule has 0 radical (unpaired) electrons. The summed E-state index contributed by atoms with van der Waals surface area (Å²) in [5.41, 5.74) is 0.842. The van der Waals surface area contributed by atoms with Gasteiger partial charge in [0.25, 0.3) is 0 Å². The molecule has 0 spiro atoms. The maximum absolute atomic E-state index is 13.6. The summed E-state index contributed by atoms with van der Waals surface area (Å²) in [6.07, 6.45) is 0. The van der Waals surface area contributed by atoms with Crippen LogP contribution in [0.4, 0.5) is 4.39 Å². The molecule has 1 aliphatic heterocycles. The maximum atomic E-state index is 13.6. The van der Waals surface area contributed by atoms with Gasteiger partial charge in [-0.25, -0.2) is 4.39 Å². The summed E-state index contributed by atoms with van der Waals surface area (Å²) < 4.78 is 29.6. The molecule has 1 N–H and O–H groups in total. The van der Waals surface area contributed by atoms with Crippen molar-refractivity contribution in [3.63, 3.8) is 0 Å². The van der Waals surface area contributed by atoms with Crippen LogP contribution in [-0.2, 0) is 0 Å². The van der Waals surface area contributed by atoms with E-state index in [0.29, 0.717) is 17.2 Å². The van der Waals surface area contributed by atoms with Crippen molar-refractivity contribution in [1.82, 2.24) is 10.2 Å². The molecule has 1 saturated heterocycles. The minimum absolute atomic E-state index is 0. The number of nitrogens with one attached hydrogen (secondary N) is 1. The van der Waals surface area contributed by atoms with Crippen molar-refractivity contribution in [2.75, 3.05) is 54.2 Å². The zero-order valence-electron chi connectivity index (χ0n) is 13.2. The van der Waals surface area contributed by atoms with Crippen molar-refractivity contribution in [3.8, 4) is 17.2 Å². The molecule has 126 valence electrons. The minimum atomic E-state index is -0.446. The summed E-state index contributed by atoms with van der Waals surface area (Å²) in [4.78, 5) is 2.14. The van der Waals surface area contributed by atoms with E-state index in [-0.39, 0.29) is 18.4 Å². The first kappa shape index (κ1) is 18.8. The number of rotatable bonds is 6. The Hall–Kier alpha value is -1.24. The average Bonchev–Trinajstić information content (AvgIpc) is 2.55. The largest absolute Gasteiger partial charge is 0.493 e. The third-order valence-electron chi connectivity index (χ3n) is 3.81. The van der Waals surface area contributed by atoms with E-state index in [9.17, 15) is 4.39 Å². The van der Waals surface area contributed by atoms with Crippen LogP contribution in [0.15, 0.2) is 12.1 Å². The molecule has 1 aromatic rings. The number of nitrogens with zero attached hydrogens (tertiary/aromatic N) is 1. The fourth-order valence-electron chi connectivity index (χ4n) is 2.69. The van der Waals surface area contributed by atoms with Gasteiger partial charge in [0.15, 0.2) is 11.5 Å². The predicted molar refractivity (Wildman–Crippen MR) is 86.5 cm³/mol. The molecule has 7 heteroatoms. The topological polar surface area (TPSA) is 43.0 Å². The average molecular weight is 335 g/mol. The zero-order valence-corrected chi connectivity index (χ0v) is 14.0. The molecule has 0 unspecified atom stereocenters. The van der Waals surface area contributed by atoms with Gasteiger partial charge in [0.2, 0.25) is 5.75 Å². The van der Waals surface area contributed by atoms with Crippen molar-refractivity contribution >= 4 is 12.4 Å². The fourth-order valence-corrected chi connectivity index (χ4v) is 2.69. The summed E-state index contributed by atoms with van der Waals surface area (Å²) in [5.74, 6) is 1.64. The van der Waals surface area contributed by atoms with Gasteiger partial charge in [0.05, 0.1) is 27.4 Å². The molecule has 0 amide bonds. The fraction of sp³-hybridized carbons (Fsp3) is 0.600. The van der Waals surface area contributed by atoms with E-state index in [2.05, 4.69) is 10.2 Å². The summed E-state index contributed by atoms with van der Waals surface area (Å²) >= 11 is 0. The van der Waals surface area contributed by atoms with Crippen LogP contribution < -0.4 is 19.5 Å². The van der Waals surface area contributed by atoms with Crippen molar-refractivity contribution in [2.45, 2.75) is 6.04 Å². The first-order chi connectivity index (χ1) is 10.2. The van der Waals surface area contributed by atoms with Crippen LogP contribution in [0.3, 0.4) is 0 Å². The standard InChI is InChI=1S/C15H23FN2O3.ClH/c1-19-13-8-11(9-14(20-2)15(13)21-3)12(10-16)18-6-4-17-5-7-18;/h8-9,12,17H,4-7,10H2,1-3H3;1H/t12-;/m0./s1. The Morgan fingerprint density at radius 1 is 1.09 bits per heavy atom. The number of ether oxygens (including phenoxy) is 3. The summed E-state index contributed by atoms with van der Waals surface area (Å²) in [6.45, 7) is 2.96. The molecule has 0 aromatic heterocycles. The van der Waals surface area contributed by atoms with Crippen molar-refractivity contribution in [3.05, 3.63) is 17.7 Å². The second-order valence-corrected chi connectivity index (χ2v) is 4.91. The Morgan fingerprint density at radius 2 is 1.64 bits per heavy atom. The van der Waals surface area contributed by atoms with Crippen LogP contribution in [0.5, 0.6) is 17.2 Å². The monoisotopic (exact) mass is 334 g/mol. The zero-order chi connectivity index (χ0) is 15.2. The highest BCUT2D eigenvalue weighted by atomic mass is 35.5. The molecule has 5 nitrogen and oxygen atoms in total.